The molecule has 3 aromatic heterocycles. The summed E-state index contributed by atoms with van der Waals surface area (Å²) in [5.41, 5.74) is 2.47. The number of rotatable bonds is 20. The number of aromatic nitrogens is 5. The van der Waals surface area contributed by atoms with Crippen LogP contribution >= 0.6 is 0 Å². The highest BCUT2D eigenvalue weighted by Crippen LogP contribution is 2.31. The molecule has 0 bridgehead atoms. The van der Waals surface area contributed by atoms with Crippen LogP contribution in [0.25, 0.3) is 0 Å². The lowest BCUT2D eigenvalue weighted by Crippen LogP contribution is -2.38. The summed E-state index contributed by atoms with van der Waals surface area (Å²) in [6, 6.07) is 21.5. The van der Waals surface area contributed by atoms with Crippen molar-refractivity contribution in [2.24, 2.45) is 11.8 Å². The van der Waals surface area contributed by atoms with Crippen molar-refractivity contribution in [2.75, 3.05) is 34.4 Å². The Hall–Kier alpha value is -6.97. The molecule has 5 aromatic rings. The number of para-hydroxylation sites is 2. The van der Waals surface area contributed by atoms with Crippen LogP contribution in [0.1, 0.15) is 99.5 Å². The van der Waals surface area contributed by atoms with E-state index in [0.717, 1.165) is 64.3 Å². The van der Waals surface area contributed by atoms with Crippen molar-refractivity contribution < 1.29 is 35.8 Å². The molecule has 2 fully saturated rings. The number of nitriles is 2. The first-order chi connectivity index (χ1) is 34.1. The van der Waals surface area contributed by atoms with Gasteiger partial charge in [-0.1, -0.05) is 50.2 Å². The predicted molar refractivity (Wildman–Crippen MR) is 257 cm³/mol. The van der Waals surface area contributed by atoms with Crippen LogP contribution in [0.3, 0.4) is 0 Å². The normalized spacial score (nSPS) is 18.0. The largest absolute Gasteiger partial charge is 0.573 e. The van der Waals surface area contributed by atoms with Gasteiger partial charge in [-0.05, 0) is 99.5 Å². The number of hydrogen-bond donors (Lipinski definition) is 6. The first-order valence-corrected chi connectivity index (χ1v) is 23.7. The Morgan fingerprint density at radius 2 is 1.11 bits per heavy atom. The maximum absolute atomic E-state index is 12.7. The van der Waals surface area contributed by atoms with Crippen LogP contribution in [0.5, 0.6) is 11.5 Å². The number of nitrogens with zero attached hydrogens (tertiary/aromatic N) is 7. The van der Waals surface area contributed by atoms with Gasteiger partial charge >= 0.3 is 12.7 Å². The Labute approximate surface area is 409 Å². The van der Waals surface area contributed by atoms with Gasteiger partial charge in [-0.25, -0.2) is 9.97 Å². The smallest absolute Gasteiger partial charge is 0.405 e. The fourth-order valence-electron chi connectivity index (χ4n) is 8.52. The van der Waals surface area contributed by atoms with E-state index in [2.05, 4.69) is 92.3 Å². The maximum Gasteiger partial charge on any atom is 0.573 e. The lowest BCUT2D eigenvalue weighted by atomic mass is 9.84. The van der Waals surface area contributed by atoms with E-state index < -0.39 is 12.7 Å². The number of alkyl halides is 6. The molecule has 2 aliphatic carbocycles. The minimum atomic E-state index is -4.78. The summed E-state index contributed by atoms with van der Waals surface area (Å²) in [6.07, 6.45) is 6.74. The zero-order valence-corrected chi connectivity index (χ0v) is 39.6. The van der Waals surface area contributed by atoms with E-state index >= 15 is 0 Å². The second kappa shape index (κ2) is 26.3. The Balaban J connectivity index is 0.000000235. The second-order valence-corrected chi connectivity index (χ2v) is 17.7. The standard InChI is InChI=1S/C27H30F3N7O.C23H29F3N6O/c28-27(29,30)38-24-4-2-1-3-21(24)17-35-26-36-18-22(15-31)25(37-26)33-14-11-19-5-7-23(8-6-19)34-16-20-9-12-32-13-10-20;1-15(2)31-19-9-7-16(8-10-19)12-28-21-18(11-27)14-30-22(32-21)29-13-17-5-3-4-6-20(17)33-23(24,25)26/h1-4,9-10,12-13,18-19,23,34H,5-8,11,14,16-17H2,(H2,33,35,36,37);3-6,14-16,19,31H,7-10,12-13H2,1-2H3,(H2,28,29,30,32). The lowest BCUT2D eigenvalue weighted by molar-refractivity contribution is -0.275. The molecule has 0 amide bonds. The molecule has 0 radical (unpaired) electrons. The molecule has 0 atom stereocenters. The van der Waals surface area contributed by atoms with E-state index in [-0.39, 0.29) is 36.5 Å². The van der Waals surface area contributed by atoms with Crippen molar-refractivity contribution >= 4 is 23.5 Å². The molecular weight excluding hydrogens is 929 g/mol. The molecule has 0 aliphatic heterocycles. The van der Waals surface area contributed by atoms with Gasteiger partial charge in [-0.2, -0.15) is 20.5 Å². The molecule has 0 unspecified atom stereocenters. The van der Waals surface area contributed by atoms with Crippen molar-refractivity contribution in [3.8, 4) is 23.6 Å². The van der Waals surface area contributed by atoms with E-state index in [4.69, 9.17) is 0 Å². The van der Waals surface area contributed by atoms with E-state index in [1.165, 1.54) is 54.4 Å². The minimum absolute atomic E-state index is 0.0238. The van der Waals surface area contributed by atoms with Gasteiger partial charge in [-0.3, -0.25) is 4.98 Å². The predicted octanol–water partition coefficient (Wildman–Crippen LogP) is 10.2. The summed E-state index contributed by atoms with van der Waals surface area (Å²) in [5.74, 6) is 1.73. The van der Waals surface area contributed by atoms with Crippen molar-refractivity contribution in [1.82, 2.24) is 35.6 Å². The average Bonchev–Trinajstić information content (AvgIpc) is 3.35. The molecule has 21 heteroatoms. The third kappa shape index (κ3) is 18.4. The Morgan fingerprint density at radius 3 is 1.62 bits per heavy atom. The van der Waals surface area contributed by atoms with Crippen LogP contribution in [-0.2, 0) is 19.6 Å². The number of pyridine rings is 1. The summed E-state index contributed by atoms with van der Waals surface area (Å²) in [6.45, 7) is 6.57. The van der Waals surface area contributed by atoms with E-state index in [0.29, 0.717) is 76.9 Å². The quantitative estimate of drug-likeness (QED) is 0.0402. The Bertz CT molecular complexity index is 2500. The molecule has 2 aliphatic rings. The van der Waals surface area contributed by atoms with Crippen LogP contribution in [0.2, 0.25) is 0 Å². The lowest BCUT2D eigenvalue weighted by Gasteiger charge is -2.30. The van der Waals surface area contributed by atoms with E-state index in [1.54, 1.807) is 12.1 Å². The van der Waals surface area contributed by atoms with Gasteiger partial charge in [0.25, 0.3) is 0 Å². The second-order valence-electron chi connectivity index (χ2n) is 17.7. The van der Waals surface area contributed by atoms with Crippen LogP contribution in [0, 0.1) is 34.5 Å². The highest BCUT2D eigenvalue weighted by atomic mass is 19.4. The molecular formula is C50H59F6N13O2. The number of halogens is 6. The Kier molecular flexibility index (Phi) is 19.8. The van der Waals surface area contributed by atoms with Crippen molar-refractivity contribution in [2.45, 2.75) is 122 Å². The van der Waals surface area contributed by atoms with E-state index in [1.807, 2.05) is 24.5 Å². The Morgan fingerprint density at radius 1 is 0.620 bits per heavy atom. The minimum Gasteiger partial charge on any atom is -0.405 e. The fraction of sp³-hybridized carbons (Fsp3) is 0.460. The highest BCUT2D eigenvalue weighted by molar-refractivity contribution is 5.54. The first-order valence-electron chi connectivity index (χ1n) is 23.7. The molecule has 0 spiro atoms. The number of anilines is 4. The summed E-state index contributed by atoms with van der Waals surface area (Å²) < 4.78 is 84.1. The molecule has 15 nitrogen and oxygen atoms in total. The molecule has 378 valence electrons. The summed E-state index contributed by atoms with van der Waals surface area (Å²) in [5, 5.41) is 38.4. The number of hydrogen-bond acceptors (Lipinski definition) is 15. The first kappa shape index (κ1) is 53.4. The number of benzene rings is 2. The monoisotopic (exact) mass is 987 g/mol. The summed E-state index contributed by atoms with van der Waals surface area (Å²) in [4.78, 5) is 21.0. The molecule has 6 N–H and O–H groups in total. The van der Waals surface area contributed by atoms with Crippen LogP contribution in [0.4, 0.5) is 49.9 Å². The van der Waals surface area contributed by atoms with Crippen LogP contribution in [0.15, 0.2) is 85.5 Å². The van der Waals surface area contributed by atoms with Crippen LogP contribution in [-0.4, -0.2) is 68.9 Å². The summed E-state index contributed by atoms with van der Waals surface area (Å²) in [7, 11) is 0. The third-order valence-corrected chi connectivity index (χ3v) is 12.1. The van der Waals surface area contributed by atoms with Crippen LogP contribution < -0.4 is 41.4 Å². The van der Waals surface area contributed by atoms with Crippen molar-refractivity contribution in [3.05, 3.63) is 113 Å². The SMILES string of the molecule is CC(C)NC1CCC(CNc2nc(NCc3ccccc3OC(F)(F)F)ncc2C#N)CC1.N#Cc1cnc(NCc2ccccc2OC(F)(F)F)nc1NCCC1CCC(NCc2ccncc2)CC1. The number of nitrogens with one attached hydrogen (secondary N) is 6. The average molecular weight is 988 g/mol. The highest BCUT2D eigenvalue weighted by Gasteiger charge is 2.33. The number of ether oxygens (including phenoxy) is 2. The van der Waals surface area contributed by atoms with Gasteiger partial charge < -0.3 is 41.4 Å². The topological polar surface area (TPSA) is 203 Å². The van der Waals surface area contributed by atoms with Crippen molar-refractivity contribution in [3.63, 3.8) is 0 Å². The molecule has 2 saturated carbocycles. The molecule has 7 rings (SSSR count). The van der Waals surface area contributed by atoms with Crippen molar-refractivity contribution in [1.29, 1.82) is 10.5 Å². The molecule has 71 heavy (non-hydrogen) atoms. The van der Waals surface area contributed by atoms with E-state index in [9.17, 15) is 36.9 Å². The maximum atomic E-state index is 12.7. The zero-order chi connectivity index (χ0) is 50.6. The van der Waals surface area contributed by atoms with Gasteiger partial charge in [0.2, 0.25) is 11.9 Å². The van der Waals surface area contributed by atoms with Gasteiger partial charge in [0.1, 0.15) is 46.4 Å². The molecule has 2 aromatic carbocycles. The fourth-order valence-corrected chi connectivity index (χ4v) is 8.52. The zero-order valence-electron chi connectivity index (χ0n) is 39.6. The van der Waals surface area contributed by atoms with Gasteiger partial charge in [0.15, 0.2) is 0 Å². The van der Waals surface area contributed by atoms with Gasteiger partial charge in [0, 0.05) is 74.4 Å². The third-order valence-electron chi connectivity index (χ3n) is 12.1. The summed E-state index contributed by atoms with van der Waals surface area (Å²) >= 11 is 0. The molecule has 0 saturated heterocycles. The van der Waals surface area contributed by atoms with Gasteiger partial charge in [-0.15, -0.1) is 26.3 Å². The molecule has 3 heterocycles. The van der Waals surface area contributed by atoms with Gasteiger partial charge in [0.05, 0.1) is 12.4 Å².